The lowest BCUT2D eigenvalue weighted by Crippen LogP contribution is -2.18. The summed E-state index contributed by atoms with van der Waals surface area (Å²) < 4.78 is 10.5. The molecule has 5 nitrogen and oxygen atoms in total. The second-order valence-corrected chi connectivity index (χ2v) is 4.27. The number of carboxylic acids is 1. The summed E-state index contributed by atoms with van der Waals surface area (Å²) in [7, 11) is 0. The van der Waals surface area contributed by atoms with Gasteiger partial charge in [-0.25, -0.2) is 4.79 Å². The number of furan rings is 1. The minimum absolute atomic E-state index is 0.00182. The Morgan fingerprint density at radius 2 is 2.05 bits per heavy atom. The fraction of sp³-hybridized carbons (Fsp3) is 0.267. The Bertz CT molecular complexity index is 536. The van der Waals surface area contributed by atoms with E-state index < -0.39 is 5.97 Å². The van der Waals surface area contributed by atoms with Crippen LogP contribution in [0.2, 0.25) is 0 Å². The van der Waals surface area contributed by atoms with Crippen LogP contribution in [0.1, 0.15) is 22.5 Å². The van der Waals surface area contributed by atoms with Crippen molar-refractivity contribution in [2.75, 3.05) is 13.2 Å². The maximum absolute atomic E-state index is 10.8. The van der Waals surface area contributed by atoms with E-state index in [0.717, 1.165) is 18.7 Å². The Hall–Kier alpha value is -2.27. The molecule has 0 atom stereocenters. The number of carbonyl (C=O) groups is 1. The number of nitrogens with one attached hydrogen (secondary N) is 1. The van der Waals surface area contributed by atoms with Gasteiger partial charge in [0.2, 0.25) is 5.76 Å². The van der Waals surface area contributed by atoms with Crippen LogP contribution in [-0.4, -0.2) is 24.2 Å². The predicted molar refractivity (Wildman–Crippen MR) is 73.9 cm³/mol. The molecule has 0 saturated carbocycles. The Morgan fingerprint density at radius 3 is 2.80 bits per heavy atom. The first-order valence-corrected chi connectivity index (χ1v) is 6.45. The van der Waals surface area contributed by atoms with Crippen LogP contribution in [0.4, 0.5) is 0 Å². The molecule has 0 bridgehead atoms. The average Bonchev–Trinajstić information content (AvgIpc) is 2.92. The molecule has 0 aliphatic carbocycles. The lowest BCUT2D eigenvalue weighted by atomic mass is 10.2. The Labute approximate surface area is 117 Å². The fourth-order valence-electron chi connectivity index (χ4n) is 1.79. The third-order valence-corrected chi connectivity index (χ3v) is 2.77. The van der Waals surface area contributed by atoms with E-state index in [0.29, 0.717) is 18.7 Å². The van der Waals surface area contributed by atoms with Gasteiger partial charge in [0.25, 0.3) is 0 Å². The van der Waals surface area contributed by atoms with Crippen molar-refractivity contribution in [1.29, 1.82) is 0 Å². The van der Waals surface area contributed by atoms with Gasteiger partial charge in [0.1, 0.15) is 5.75 Å². The molecule has 0 saturated heterocycles. The summed E-state index contributed by atoms with van der Waals surface area (Å²) in [6.07, 6.45) is 2.23. The zero-order chi connectivity index (χ0) is 14.2. The van der Waals surface area contributed by atoms with Crippen LogP contribution in [0.15, 0.2) is 47.1 Å². The number of hydrogen-bond donors (Lipinski definition) is 2. The van der Waals surface area contributed by atoms with Gasteiger partial charge in [0, 0.05) is 12.1 Å². The van der Waals surface area contributed by atoms with Crippen molar-refractivity contribution in [3.05, 3.63) is 54.0 Å². The highest BCUT2D eigenvalue weighted by molar-refractivity contribution is 5.86. The number of rotatable bonds is 8. The van der Waals surface area contributed by atoms with Crippen LogP contribution in [-0.2, 0) is 6.54 Å². The van der Waals surface area contributed by atoms with Crippen molar-refractivity contribution >= 4 is 5.97 Å². The Balaban J connectivity index is 1.62. The summed E-state index contributed by atoms with van der Waals surface area (Å²) in [6.45, 7) is 1.84. The molecule has 0 amide bonds. The summed E-state index contributed by atoms with van der Waals surface area (Å²) >= 11 is 0. The average molecular weight is 275 g/mol. The quantitative estimate of drug-likeness (QED) is 0.724. The third kappa shape index (κ3) is 4.13. The van der Waals surface area contributed by atoms with Crippen LogP contribution < -0.4 is 10.1 Å². The van der Waals surface area contributed by atoms with E-state index in [4.69, 9.17) is 14.3 Å². The first-order valence-electron chi connectivity index (χ1n) is 6.45. The number of aromatic carboxylic acids is 1. The van der Waals surface area contributed by atoms with E-state index in [1.165, 1.54) is 6.26 Å². The molecule has 0 spiro atoms. The molecule has 0 unspecified atom stereocenters. The highest BCUT2D eigenvalue weighted by Crippen LogP contribution is 2.10. The second kappa shape index (κ2) is 7.35. The summed E-state index contributed by atoms with van der Waals surface area (Å²) in [6, 6.07) is 11.3. The lowest BCUT2D eigenvalue weighted by Gasteiger charge is -2.06. The topological polar surface area (TPSA) is 71.7 Å². The first-order chi connectivity index (χ1) is 9.77. The van der Waals surface area contributed by atoms with E-state index in [1.807, 2.05) is 30.3 Å². The van der Waals surface area contributed by atoms with Gasteiger partial charge >= 0.3 is 5.97 Å². The molecule has 0 radical (unpaired) electrons. The number of carboxylic acid groups (broad SMARTS) is 1. The van der Waals surface area contributed by atoms with Crippen molar-refractivity contribution in [3.63, 3.8) is 0 Å². The van der Waals surface area contributed by atoms with Gasteiger partial charge < -0.3 is 19.6 Å². The zero-order valence-corrected chi connectivity index (χ0v) is 11.0. The van der Waals surface area contributed by atoms with Crippen LogP contribution >= 0.6 is 0 Å². The van der Waals surface area contributed by atoms with Crippen LogP contribution in [0.5, 0.6) is 5.75 Å². The minimum atomic E-state index is -1.04. The van der Waals surface area contributed by atoms with E-state index >= 15 is 0 Å². The van der Waals surface area contributed by atoms with Crippen LogP contribution in [0.3, 0.4) is 0 Å². The summed E-state index contributed by atoms with van der Waals surface area (Å²) in [5.41, 5.74) is 0.654. The molecular formula is C15H17NO4. The number of benzene rings is 1. The fourth-order valence-corrected chi connectivity index (χ4v) is 1.79. The Morgan fingerprint density at radius 1 is 1.25 bits per heavy atom. The SMILES string of the molecule is O=C(O)c1occc1CNCCCOc1ccccc1. The van der Waals surface area contributed by atoms with Crippen LogP contribution in [0, 0.1) is 0 Å². The van der Waals surface area contributed by atoms with Crippen molar-refractivity contribution in [2.45, 2.75) is 13.0 Å². The van der Waals surface area contributed by atoms with Gasteiger partial charge in [0.15, 0.2) is 0 Å². The molecule has 20 heavy (non-hydrogen) atoms. The highest BCUT2D eigenvalue weighted by Gasteiger charge is 2.12. The third-order valence-electron chi connectivity index (χ3n) is 2.77. The number of para-hydroxylation sites is 1. The van der Waals surface area contributed by atoms with E-state index in [2.05, 4.69) is 5.32 Å². The summed E-state index contributed by atoms with van der Waals surface area (Å²) in [4.78, 5) is 10.8. The number of ether oxygens (including phenoxy) is 1. The van der Waals surface area contributed by atoms with Gasteiger partial charge in [-0.05, 0) is 31.2 Å². The van der Waals surface area contributed by atoms with Gasteiger partial charge in [-0.15, -0.1) is 0 Å². The second-order valence-electron chi connectivity index (χ2n) is 4.27. The smallest absolute Gasteiger partial charge is 0.372 e. The van der Waals surface area contributed by atoms with Gasteiger partial charge in [-0.2, -0.15) is 0 Å². The molecule has 1 heterocycles. The van der Waals surface area contributed by atoms with Crippen LogP contribution in [0.25, 0.3) is 0 Å². The molecule has 0 fully saturated rings. The highest BCUT2D eigenvalue weighted by atomic mass is 16.5. The molecule has 0 aliphatic rings. The summed E-state index contributed by atoms with van der Waals surface area (Å²) in [5, 5.41) is 12.0. The number of hydrogen-bond acceptors (Lipinski definition) is 4. The maximum Gasteiger partial charge on any atom is 0.372 e. The maximum atomic E-state index is 10.8. The molecule has 2 N–H and O–H groups in total. The normalized spacial score (nSPS) is 10.4. The molecule has 0 aliphatic heterocycles. The van der Waals surface area contributed by atoms with Gasteiger partial charge in [-0.3, -0.25) is 0 Å². The summed E-state index contributed by atoms with van der Waals surface area (Å²) in [5.74, 6) is -0.187. The molecule has 1 aromatic carbocycles. The van der Waals surface area contributed by atoms with E-state index in [1.54, 1.807) is 6.07 Å². The van der Waals surface area contributed by atoms with Crippen molar-refractivity contribution in [1.82, 2.24) is 5.32 Å². The van der Waals surface area contributed by atoms with Crippen molar-refractivity contribution < 1.29 is 19.1 Å². The standard InChI is InChI=1S/C15H17NO4/c17-15(18)14-12(7-10-20-14)11-16-8-4-9-19-13-5-2-1-3-6-13/h1-3,5-7,10,16H,4,8-9,11H2,(H,17,18). The van der Waals surface area contributed by atoms with Crippen molar-refractivity contribution in [3.8, 4) is 5.75 Å². The monoisotopic (exact) mass is 275 g/mol. The lowest BCUT2D eigenvalue weighted by molar-refractivity contribution is 0.0660. The Kier molecular flexibility index (Phi) is 5.20. The predicted octanol–water partition coefficient (Wildman–Crippen LogP) is 2.54. The van der Waals surface area contributed by atoms with E-state index in [-0.39, 0.29) is 5.76 Å². The van der Waals surface area contributed by atoms with Gasteiger partial charge in [0.05, 0.1) is 12.9 Å². The molecule has 106 valence electrons. The molecule has 2 aromatic rings. The van der Waals surface area contributed by atoms with Gasteiger partial charge in [-0.1, -0.05) is 18.2 Å². The largest absolute Gasteiger partial charge is 0.494 e. The van der Waals surface area contributed by atoms with E-state index in [9.17, 15) is 4.79 Å². The molecule has 2 rings (SSSR count). The molecule has 5 heteroatoms. The first kappa shape index (κ1) is 14.1. The molecular weight excluding hydrogens is 258 g/mol. The molecule has 1 aromatic heterocycles. The minimum Gasteiger partial charge on any atom is -0.494 e. The zero-order valence-electron chi connectivity index (χ0n) is 11.0. The van der Waals surface area contributed by atoms with Crippen molar-refractivity contribution in [2.24, 2.45) is 0 Å².